The van der Waals surface area contributed by atoms with Crippen molar-refractivity contribution in [1.29, 1.82) is 0 Å². The van der Waals surface area contributed by atoms with Crippen LogP contribution in [0.2, 0.25) is 6.04 Å². The smallest absolute Gasteiger partial charge is 0.239 e. The van der Waals surface area contributed by atoms with E-state index < -0.39 is 7.42 Å². The summed E-state index contributed by atoms with van der Waals surface area (Å²) in [6, 6.07) is 0.885. The molecule has 0 saturated carbocycles. The molecule has 0 saturated heterocycles. The molecule has 0 aromatic rings. The molecule has 0 heterocycles. The molecule has 0 rings (SSSR count). The summed E-state index contributed by atoms with van der Waals surface area (Å²) in [5.74, 6) is 0. The van der Waals surface area contributed by atoms with Crippen molar-refractivity contribution in [2.45, 2.75) is 76.9 Å². The number of hydrogen-bond acceptors (Lipinski definition) is 1. The standard InChI is InChI=1S/C13H28Cl2OSi/c1-3-4-5-6-7-8-9-10-11-13(16-2)12-17(14)15/h13,17H,3-12H2,1-2H3. The minimum Gasteiger partial charge on any atom is -0.382 e. The molecule has 0 amide bonds. The van der Waals surface area contributed by atoms with E-state index in [1.165, 1.54) is 51.4 Å². The molecule has 0 aliphatic carbocycles. The van der Waals surface area contributed by atoms with Crippen molar-refractivity contribution < 1.29 is 4.74 Å². The van der Waals surface area contributed by atoms with Crippen molar-refractivity contribution in [2.75, 3.05) is 7.11 Å². The molecular formula is C13H28Cl2OSi. The van der Waals surface area contributed by atoms with Gasteiger partial charge in [-0.25, -0.2) is 0 Å². The van der Waals surface area contributed by atoms with E-state index in [9.17, 15) is 0 Å². The maximum atomic E-state index is 5.89. The van der Waals surface area contributed by atoms with Gasteiger partial charge >= 0.3 is 0 Å². The Hall–Kier alpha value is 0.757. The lowest BCUT2D eigenvalue weighted by Gasteiger charge is -2.14. The Morgan fingerprint density at radius 1 is 0.941 bits per heavy atom. The molecule has 0 aliphatic heterocycles. The molecule has 0 bridgehead atoms. The highest BCUT2D eigenvalue weighted by molar-refractivity contribution is 7.33. The fourth-order valence-electron chi connectivity index (χ4n) is 2.04. The average molecular weight is 299 g/mol. The molecule has 1 atom stereocenters. The van der Waals surface area contributed by atoms with Crippen LogP contribution in [0.5, 0.6) is 0 Å². The van der Waals surface area contributed by atoms with E-state index in [-0.39, 0.29) is 0 Å². The topological polar surface area (TPSA) is 9.23 Å². The number of ether oxygens (including phenoxy) is 1. The van der Waals surface area contributed by atoms with Crippen LogP contribution in [0.15, 0.2) is 0 Å². The van der Waals surface area contributed by atoms with E-state index >= 15 is 0 Å². The summed E-state index contributed by atoms with van der Waals surface area (Å²) in [5, 5.41) is 0. The van der Waals surface area contributed by atoms with Crippen LogP contribution in [-0.4, -0.2) is 20.6 Å². The minimum absolute atomic E-state index is 0.293. The Labute approximate surface area is 118 Å². The second kappa shape index (κ2) is 13.2. The van der Waals surface area contributed by atoms with Gasteiger partial charge in [-0.05, 0) is 12.5 Å². The van der Waals surface area contributed by atoms with Crippen LogP contribution < -0.4 is 0 Å². The molecule has 0 N–H and O–H groups in total. The molecule has 1 nitrogen and oxygen atoms in total. The number of rotatable bonds is 12. The Balaban J connectivity index is 3.25. The Bertz CT molecular complexity index is 156. The third-order valence-corrected chi connectivity index (χ3v) is 5.11. The quantitative estimate of drug-likeness (QED) is 0.272. The van der Waals surface area contributed by atoms with Gasteiger partial charge in [-0.3, -0.25) is 0 Å². The molecule has 0 radical (unpaired) electrons. The zero-order valence-corrected chi connectivity index (χ0v) is 14.1. The number of methoxy groups -OCH3 is 1. The lowest BCUT2D eigenvalue weighted by atomic mass is 10.1. The number of hydrogen-bond donors (Lipinski definition) is 0. The molecule has 0 fully saturated rings. The van der Waals surface area contributed by atoms with E-state index in [1.54, 1.807) is 7.11 Å². The second-order valence-corrected chi connectivity index (χ2v) is 9.83. The summed E-state index contributed by atoms with van der Waals surface area (Å²) in [5.41, 5.74) is 0. The first-order valence-corrected chi connectivity index (χ1v) is 11.3. The van der Waals surface area contributed by atoms with Gasteiger partial charge in [0.25, 0.3) is 0 Å². The summed E-state index contributed by atoms with van der Waals surface area (Å²) in [7, 11) is 0.259. The van der Waals surface area contributed by atoms with E-state index in [1.807, 2.05) is 0 Å². The third kappa shape index (κ3) is 13.0. The highest BCUT2D eigenvalue weighted by Gasteiger charge is 2.12. The average Bonchev–Trinajstić information content (AvgIpc) is 2.30. The summed E-state index contributed by atoms with van der Waals surface area (Å²) >= 11 is 11.8. The van der Waals surface area contributed by atoms with Crippen molar-refractivity contribution in [3.8, 4) is 0 Å². The molecule has 0 aliphatic rings. The molecule has 4 heteroatoms. The van der Waals surface area contributed by atoms with Crippen molar-refractivity contribution in [3.05, 3.63) is 0 Å². The van der Waals surface area contributed by atoms with Crippen LogP contribution in [-0.2, 0) is 4.74 Å². The molecular weight excluding hydrogens is 271 g/mol. The van der Waals surface area contributed by atoms with E-state index in [4.69, 9.17) is 26.9 Å². The zero-order chi connectivity index (χ0) is 12.9. The van der Waals surface area contributed by atoms with Crippen LogP contribution in [0.1, 0.15) is 64.7 Å². The predicted octanol–water partition coefficient (Wildman–Crippen LogP) is 5.23. The summed E-state index contributed by atoms with van der Waals surface area (Å²) in [4.78, 5) is 0. The van der Waals surface area contributed by atoms with Gasteiger partial charge in [0.05, 0.1) is 6.10 Å². The first kappa shape index (κ1) is 17.8. The van der Waals surface area contributed by atoms with Gasteiger partial charge in [0.2, 0.25) is 7.42 Å². The zero-order valence-electron chi connectivity index (χ0n) is 11.4. The lowest BCUT2D eigenvalue weighted by Crippen LogP contribution is -2.14. The Morgan fingerprint density at radius 3 is 1.94 bits per heavy atom. The van der Waals surface area contributed by atoms with Crippen LogP contribution >= 0.6 is 22.2 Å². The maximum Gasteiger partial charge on any atom is 0.239 e. The molecule has 104 valence electrons. The predicted molar refractivity (Wildman–Crippen MR) is 81.7 cm³/mol. The third-order valence-electron chi connectivity index (χ3n) is 3.15. The lowest BCUT2D eigenvalue weighted by molar-refractivity contribution is 0.108. The van der Waals surface area contributed by atoms with Gasteiger partial charge in [0, 0.05) is 7.11 Å². The molecule has 17 heavy (non-hydrogen) atoms. The van der Waals surface area contributed by atoms with Crippen molar-refractivity contribution in [3.63, 3.8) is 0 Å². The van der Waals surface area contributed by atoms with Crippen LogP contribution in [0, 0.1) is 0 Å². The van der Waals surface area contributed by atoms with Crippen molar-refractivity contribution in [2.24, 2.45) is 0 Å². The fraction of sp³-hybridized carbons (Fsp3) is 1.00. The van der Waals surface area contributed by atoms with Gasteiger partial charge in [-0.15, -0.1) is 0 Å². The van der Waals surface area contributed by atoms with Crippen LogP contribution in [0.4, 0.5) is 0 Å². The summed E-state index contributed by atoms with van der Waals surface area (Å²) < 4.78 is 5.39. The van der Waals surface area contributed by atoms with Gasteiger partial charge < -0.3 is 4.74 Å². The monoisotopic (exact) mass is 298 g/mol. The van der Waals surface area contributed by atoms with Crippen molar-refractivity contribution >= 4 is 29.6 Å². The fourth-order valence-corrected chi connectivity index (χ4v) is 4.05. The van der Waals surface area contributed by atoms with Gasteiger partial charge in [-0.1, -0.05) is 58.3 Å². The summed E-state index contributed by atoms with van der Waals surface area (Å²) in [6.45, 7) is 2.26. The largest absolute Gasteiger partial charge is 0.382 e. The highest BCUT2D eigenvalue weighted by Crippen LogP contribution is 2.16. The summed E-state index contributed by atoms with van der Waals surface area (Å²) in [6.07, 6.45) is 12.3. The van der Waals surface area contributed by atoms with Gasteiger partial charge in [0.1, 0.15) is 0 Å². The number of halogens is 2. The SMILES string of the molecule is CCCCCCCCCCC(C[SiH](Cl)Cl)OC. The van der Waals surface area contributed by atoms with Crippen LogP contribution in [0.3, 0.4) is 0 Å². The first-order chi connectivity index (χ1) is 8.20. The molecule has 0 aromatic carbocycles. The van der Waals surface area contributed by atoms with E-state index in [0.29, 0.717) is 6.10 Å². The van der Waals surface area contributed by atoms with E-state index in [0.717, 1.165) is 12.5 Å². The first-order valence-electron chi connectivity index (χ1n) is 7.01. The van der Waals surface area contributed by atoms with E-state index in [2.05, 4.69) is 6.92 Å². The molecule has 0 aromatic heterocycles. The van der Waals surface area contributed by atoms with Crippen LogP contribution in [0.25, 0.3) is 0 Å². The maximum absolute atomic E-state index is 5.89. The normalized spacial score (nSPS) is 13.2. The second-order valence-electron chi connectivity index (χ2n) is 4.75. The minimum atomic E-state index is -1.50. The highest BCUT2D eigenvalue weighted by atomic mass is 35.7. The van der Waals surface area contributed by atoms with Gasteiger partial charge in [-0.2, -0.15) is 22.2 Å². The molecule has 1 unspecified atom stereocenters. The molecule has 0 spiro atoms. The number of unbranched alkanes of at least 4 members (excludes halogenated alkanes) is 7. The van der Waals surface area contributed by atoms with Gasteiger partial charge in [0.15, 0.2) is 0 Å². The Morgan fingerprint density at radius 2 is 1.47 bits per heavy atom. The van der Waals surface area contributed by atoms with Crippen molar-refractivity contribution in [1.82, 2.24) is 0 Å². The Kier molecular flexibility index (Phi) is 13.8.